The Labute approximate surface area is 233 Å². The van der Waals surface area contributed by atoms with Crippen molar-refractivity contribution in [3.63, 3.8) is 0 Å². The highest BCUT2D eigenvalue weighted by molar-refractivity contribution is 9.10. The van der Waals surface area contributed by atoms with E-state index in [1.807, 2.05) is 84.6 Å². The number of aryl methyl sites for hydroxylation is 1. The zero-order chi connectivity index (χ0) is 26.5. The van der Waals surface area contributed by atoms with Crippen LogP contribution in [0.1, 0.15) is 15.9 Å². The van der Waals surface area contributed by atoms with Gasteiger partial charge in [0.25, 0.3) is 11.1 Å². The zero-order valence-corrected chi connectivity index (χ0v) is 23.2. The zero-order valence-electron chi connectivity index (χ0n) is 20.8. The summed E-state index contributed by atoms with van der Waals surface area (Å²) in [6.07, 6.45) is 0. The molecule has 2 heterocycles. The molecule has 1 aliphatic heterocycles. The molecule has 0 unspecified atom stereocenters. The topological polar surface area (TPSA) is 91.6 Å². The summed E-state index contributed by atoms with van der Waals surface area (Å²) in [5, 5.41) is 11.3. The van der Waals surface area contributed by atoms with Gasteiger partial charge in [0.05, 0.1) is 11.3 Å². The smallest absolute Gasteiger partial charge is 0.277 e. The fourth-order valence-corrected chi connectivity index (χ4v) is 5.16. The number of rotatable bonds is 7. The third-order valence-electron chi connectivity index (χ3n) is 6.22. The molecule has 5 rings (SSSR count). The number of hydrogen-bond donors (Lipinski definition) is 1. The van der Waals surface area contributed by atoms with Crippen LogP contribution in [0.15, 0.2) is 86.9 Å². The Hall–Kier alpha value is -3.63. The molecule has 1 fully saturated rings. The van der Waals surface area contributed by atoms with E-state index in [1.165, 1.54) is 11.8 Å². The number of hydrogen-bond acceptors (Lipinski definition) is 7. The quantitative estimate of drug-likeness (QED) is 0.284. The van der Waals surface area contributed by atoms with E-state index in [0.717, 1.165) is 39.9 Å². The van der Waals surface area contributed by atoms with Crippen LogP contribution in [0.4, 0.5) is 11.4 Å². The van der Waals surface area contributed by atoms with Gasteiger partial charge in [-0.2, -0.15) is 0 Å². The van der Waals surface area contributed by atoms with E-state index in [-0.39, 0.29) is 17.6 Å². The van der Waals surface area contributed by atoms with Crippen molar-refractivity contribution in [3.8, 4) is 11.5 Å². The van der Waals surface area contributed by atoms with Crippen molar-refractivity contribution in [2.45, 2.75) is 12.1 Å². The van der Waals surface area contributed by atoms with E-state index >= 15 is 0 Å². The monoisotopic (exact) mass is 591 g/mol. The van der Waals surface area contributed by atoms with Gasteiger partial charge < -0.3 is 19.5 Å². The molecule has 1 N–H and O–H groups in total. The van der Waals surface area contributed by atoms with Crippen LogP contribution in [0.2, 0.25) is 0 Å². The van der Waals surface area contributed by atoms with Crippen LogP contribution in [0.5, 0.6) is 0 Å². The average Bonchev–Trinajstić information content (AvgIpc) is 3.42. The van der Waals surface area contributed by atoms with Gasteiger partial charge in [-0.3, -0.25) is 9.59 Å². The van der Waals surface area contributed by atoms with Crippen molar-refractivity contribution in [1.82, 2.24) is 15.1 Å². The van der Waals surface area contributed by atoms with Gasteiger partial charge in [0.1, 0.15) is 0 Å². The third-order valence-corrected chi connectivity index (χ3v) is 7.73. The molecule has 0 saturated carbocycles. The lowest BCUT2D eigenvalue weighted by molar-refractivity contribution is -0.113. The minimum absolute atomic E-state index is 0.0743. The van der Waals surface area contributed by atoms with Crippen LogP contribution in [0.3, 0.4) is 0 Å². The molecule has 1 saturated heterocycles. The van der Waals surface area contributed by atoms with Gasteiger partial charge >= 0.3 is 0 Å². The lowest BCUT2D eigenvalue weighted by atomic mass is 10.1. The summed E-state index contributed by atoms with van der Waals surface area (Å²) in [5.74, 6) is 0.462. The molecule has 1 aromatic heterocycles. The molecular weight excluding hydrogens is 566 g/mol. The normalized spacial score (nSPS) is 13.4. The molecule has 0 radical (unpaired) electrons. The number of nitrogens with zero attached hydrogens (tertiary/aromatic N) is 4. The van der Waals surface area contributed by atoms with E-state index in [2.05, 4.69) is 36.3 Å². The Balaban J connectivity index is 1.09. The predicted octanol–water partition coefficient (Wildman–Crippen LogP) is 5.50. The van der Waals surface area contributed by atoms with Gasteiger partial charge in [0, 0.05) is 47.6 Å². The number of carbonyl (C=O) groups is 2. The first kappa shape index (κ1) is 26.0. The average molecular weight is 593 g/mol. The summed E-state index contributed by atoms with van der Waals surface area (Å²) in [5.41, 5.74) is 4.45. The standard InChI is InChI=1S/C28H26BrN5O3S/c1-19-6-8-20(9-7-19)27(36)34-16-14-33(15-17-34)22-12-10-21(11-13-22)30-25(35)18-38-28-32-31-26(37-28)23-4-2-3-5-24(23)29/h2-13H,14-18H2,1H3,(H,30,35). The summed E-state index contributed by atoms with van der Waals surface area (Å²) in [6, 6.07) is 23.0. The molecule has 0 bridgehead atoms. The summed E-state index contributed by atoms with van der Waals surface area (Å²) < 4.78 is 6.55. The van der Waals surface area contributed by atoms with Crippen LogP contribution in [-0.4, -0.2) is 58.8 Å². The molecule has 194 valence electrons. The summed E-state index contributed by atoms with van der Waals surface area (Å²) in [4.78, 5) is 29.4. The van der Waals surface area contributed by atoms with E-state index in [0.29, 0.717) is 29.9 Å². The number of amides is 2. The van der Waals surface area contributed by atoms with Crippen molar-refractivity contribution in [2.24, 2.45) is 0 Å². The highest BCUT2D eigenvalue weighted by Gasteiger charge is 2.22. The molecule has 0 spiro atoms. The molecule has 3 aromatic carbocycles. The van der Waals surface area contributed by atoms with E-state index in [9.17, 15) is 9.59 Å². The lowest BCUT2D eigenvalue weighted by Crippen LogP contribution is -2.48. The minimum Gasteiger partial charge on any atom is -0.411 e. The number of nitrogens with one attached hydrogen (secondary N) is 1. The number of aromatic nitrogens is 2. The maximum absolute atomic E-state index is 12.8. The Morgan fingerprint density at radius 2 is 1.66 bits per heavy atom. The first-order chi connectivity index (χ1) is 18.5. The molecule has 2 amide bonds. The first-order valence-electron chi connectivity index (χ1n) is 12.2. The van der Waals surface area contributed by atoms with E-state index in [4.69, 9.17) is 4.42 Å². The van der Waals surface area contributed by atoms with Crippen molar-refractivity contribution in [3.05, 3.63) is 88.4 Å². The second-order valence-corrected chi connectivity index (χ2v) is 10.7. The lowest BCUT2D eigenvalue weighted by Gasteiger charge is -2.36. The molecule has 0 aliphatic carbocycles. The highest BCUT2D eigenvalue weighted by Crippen LogP contribution is 2.29. The Morgan fingerprint density at radius 1 is 0.947 bits per heavy atom. The van der Waals surface area contributed by atoms with Crippen LogP contribution in [0.25, 0.3) is 11.5 Å². The number of carbonyl (C=O) groups excluding carboxylic acids is 2. The fraction of sp³-hybridized carbons (Fsp3) is 0.214. The van der Waals surface area contributed by atoms with Crippen molar-refractivity contribution in [1.29, 1.82) is 0 Å². The summed E-state index contributed by atoms with van der Waals surface area (Å²) >= 11 is 4.66. The predicted molar refractivity (Wildman–Crippen MR) is 153 cm³/mol. The molecule has 1 aliphatic rings. The third kappa shape index (κ3) is 6.25. The fourth-order valence-electron chi connectivity index (χ4n) is 4.14. The minimum atomic E-state index is -0.161. The highest BCUT2D eigenvalue weighted by atomic mass is 79.9. The van der Waals surface area contributed by atoms with Crippen LogP contribution in [0, 0.1) is 6.92 Å². The second kappa shape index (κ2) is 11.8. The van der Waals surface area contributed by atoms with Crippen molar-refractivity contribution in [2.75, 3.05) is 42.1 Å². The molecular formula is C28H26BrN5O3S. The number of anilines is 2. The van der Waals surface area contributed by atoms with Gasteiger partial charge in [0.2, 0.25) is 11.8 Å². The van der Waals surface area contributed by atoms with E-state index in [1.54, 1.807) is 0 Å². The van der Waals surface area contributed by atoms with Gasteiger partial charge in [-0.05, 0) is 71.4 Å². The molecule has 8 nitrogen and oxygen atoms in total. The van der Waals surface area contributed by atoms with Crippen molar-refractivity contribution < 1.29 is 14.0 Å². The number of thioether (sulfide) groups is 1. The first-order valence-corrected chi connectivity index (χ1v) is 14.0. The van der Waals surface area contributed by atoms with Crippen LogP contribution in [-0.2, 0) is 4.79 Å². The summed E-state index contributed by atoms with van der Waals surface area (Å²) in [6.45, 7) is 4.86. The molecule has 4 aromatic rings. The van der Waals surface area contributed by atoms with Gasteiger partial charge in [0.15, 0.2) is 0 Å². The maximum Gasteiger partial charge on any atom is 0.277 e. The SMILES string of the molecule is Cc1ccc(C(=O)N2CCN(c3ccc(NC(=O)CSc4nnc(-c5ccccc5Br)o4)cc3)CC2)cc1. The summed E-state index contributed by atoms with van der Waals surface area (Å²) in [7, 11) is 0. The van der Waals surface area contributed by atoms with Crippen molar-refractivity contribution >= 4 is 50.9 Å². The van der Waals surface area contributed by atoms with E-state index < -0.39 is 0 Å². The maximum atomic E-state index is 12.8. The Bertz CT molecular complexity index is 1420. The van der Waals surface area contributed by atoms with Crippen LogP contribution < -0.4 is 10.2 Å². The van der Waals surface area contributed by atoms with Gasteiger partial charge in [-0.25, -0.2) is 0 Å². The largest absolute Gasteiger partial charge is 0.411 e. The number of piperazine rings is 1. The Kier molecular flexibility index (Phi) is 8.09. The molecule has 10 heteroatoms. The second-order valence-electron chi connectivity index (χ2n) is 8.88. The number of halogens is 1. The number of benzene rings is 3. The molecule has 38 heavy (non-hydrogen) atoms. The Morgan fingerprint density at radius 3 is 2.37 bits per heavy atom. The van der Waals surface area contributed by atoms with Gasteiger partial charge in [-0.1, -0.05) is 41.6 Å². The van der Waals surface area contributed by atoms with Gasteiger partial charge in [-0.15, -0.1) is 10.2 Å². The van der Waals surface area contributed by atoms with Crippen LogP contribution >= 0.6 is 27.7 Å². The molecule has 0 atom stereocenters.